The second-order valence-electron chi connectivity index (χ2n) is 8.83. The summed E-state index contributed by atoms with van der Waals surface area (Å²) >= 11 is 0. The van der Waals surface area contributed by atoms with E-state index in [9.17, 15) is 28.0 Å². The van der Waals surface area contributed by atoms with Gasteiger partial charge in [0.25, 0.3) is 0 Å². The Kier molecular flexibility index (Phi) is 5.90. The second-order valence-corrected chi connectivity index (χ2v) is 8.83. The van der Waals surface area contributed by atoms with Crippen molar-refractivity contribution < 1.29 is 22.8 Å². The van der Waals surface area contributed by atoms with Crippen LogP contribution in [0.4, 0.5) is 13.2 Å². The first-order valence-electron chi connectivity index (χ1n) is 10.8. The first-order valence-corrected chi connectivity index (χ1v) is 10.8. The normalized spacial score (nSPS) is 27.6. The lowest BCUT2D eigenvalue weighted by molar-refractivity contribution is -0.141. The smallest absolute Gasteiger partial charge is 0.330 e. The van der Waals surface area contributed by atoms with Crippen LogP contribution in [-0.2, 0) is 15.8 Å². The third-order valence-electron chi connectivity index (χ3n) is 6.86. The number of carbonyl (C=O) groups excluding carboxylic acids is 2. The average Bonchev–Trinajstić information content (AvgIpc) is 3.46. The van der Waals surface area contributed by atoms with Gasteiger partial charge in [0.2, 0.25) is 11.8 Å². The highest BCUT2D eigenvalue weighted by atomic mass is 19.4. The van der Waals surface area contributed by atoms with Gasteiger partial charge in [-0.2, -0.15) is 18.4 Å². The summed E-state index contributed by atoms with van der Waals surface area (Å²) in [5, 5.41) is 9.20. The Morgan fingerprint density at radius 3 is 2.78 bits per heavy atom. The van der Waals surface area contributed by atoms with Gasteiger partial charge in [-0.1, -0.05) is 12.1 Å². The van der Waals surface area contributed by atoms with Crippen molar-refractivity contribution in [3.05, 3.63) is 35.4 Å². The first kappa shape index (κ1) is 22.6. The lowest BCUT2D eigenvalue weighted by Gasteiger charge is -2.38. The quantitative estimate of drug-likeness (QED) is 0.741. The Balaban J connectivity index is 1.41. The highest BCUT2D eigenvalue weighted by Crippen LogP contribution is 2.39. The fourth-order valence-corrected chi connectivity index (χ4v) is 5.24. The van der Waals surface area contributed by atoms with Gasteiger partial charge in [-0.15, -0.1) is 0 Å². The highest BCUT2D eigenvalue weighted by Gasteiger charge is 2.51. The minimum absolute atomic E-state index is 0.141. The van der Waals surface area contributed by atoms with Gasteiger partial charge < -0.3 is 15.5 Å². The van der Waals surface area contributed by atoms with Crippen LogP contribution in [0.3, 0.4) is 0 Å². The summed E-state index contributed by atoms with van der Waals surface area (Å²) in [5.74, 6) is -0.430. The third kappa shape index (κ3) is 3.95. The van der Waals surface area contributed by atoms with Crippen molar-refractivity contribution in [1.82, 2.24) is 14.7 Å². The molecular weight excluding hydrogens is 423 g/mol. The molecule has 1 aromatic carbocycles. The van der Waals surface area contributed by atoms with Crippen molar-refractivity contribution in [3.8, 4) is 6.07 Å². The molecule has 32 heavy (non-hydrogen) atoms. The topological polar surface area (TPSA) is 93.7 Å². The van der Waals surface area contributed by atoms with E-state index in [0.29, 0.717) is 31.5 Å². The summed E-state index contributed by atoms with van der Waals surface area (Å²) in [4.78, 5) is 30.8. The second kappa shape index (κ2) is 8.37. The Morgan fingerprint density at radius 1 is 1.38 bits per heavy atom. The van der Waals surface area contributed by atoms with Gasteiger partial charge in [0, 0.05) is 25.7 Å². The fraction of sp³-hybridized carbons (Fsp3) is 0.591. The number of likely N-dealkylation sites (tertiary alicyclic amines) is 3. The van der Waals surface area contributed by atoms with Crippen molar-refractivity contribution in [1.29, 1.82) is 5.26 Å². The SMILES string of the molecule is CC(c1cccc(C(F)(F)F)c1)N1C(=O)[C@@H]2C[C@@H]1CN2CC(N)C(=O)N1CCCC1C#N. The number of benzene rings is 1. The number of piperazine rings is 1. The van der Waals surface area contributed by atoms with E-state index < -0.39 is 35.9 Å². The molecule has 10 heteroatoms. The highest BCUT2D eigenvalue weighted by molar-refractivity contribution is 5.87. The van der Waals surface area contributed by atoms with Crippen LogP contribution in [0, 0.1) is 11.3 Å². The van der Waals surface area contributed by atoms with Crippen LogP contribution in [0.2, 0.25) is 0 Å². The number of hydrogen-bond acceptors (Lipinski definition) is 5. The summed E-state index contributed by atoms with van der Waals surface area (Å²) in [6.45, 7) is 2.98. The van der Waals surface area contributed by atoms with Gasteiger partial charge in [-0.3, -0.25) is 14.5 Å². The molecule has 1 aromatic rings. The van der Waals surface area contributed by atoms with Gasteiger partial charge >= 0.3 is 6.18 Å². The molecule has 3 saturated heterocycles. The molecule has 2 amide bonds. The van der Waals surface area contributed by atoms with Crippen LogP contribution in [0.1, 0.15) is 43.4 Å². The third-order valence-corrected chi connectivity index (χ3v) is 6.86. The molecule has 0 aromatic heterocycles. The van der Waals surface area contributed by atoms with Crippen LogP contribution in [0.5, 0.6) is 0 Å². The maximum Gasteiger partial charge on any atom is 0.416 e. The number of carbonyl (C=O) groups is 2. The largest absolute Gasteiger partial charge is 0.416 e. The molecule has 3 aliphatic rings. The Hall–Kier alpha value is -2.64. The van der Waals surface area contributed by atoms with Crippen molar-refractivity contribution in [2.24, 2.45) is 5.73 Å². The fourth-order valence-electron chi connectivity index (χ4n) is 5.24. The summed E-state index contributed by atoms with van der Waals surface area (Å²) in [6.07, 6.45) is -2.47. The molecule has 0 saturated carbocycles. The van der Waals surface area contributed by atoms with E-state index in [2.05, 4.69) is 6.07 Å². The number of rotatable bonds is 5. The Labute approximate surface area is 184 Å². The van der Waals surface area contributed by atoms with Gasteiger partial charge in [0.05, 0.1) is 29.8 Å². The van der Waals surface area contributed by atoms with E-state index in [1.165, 1.54) is 11.0 Å². The van der Waals surface area contributed by atoms with E-state index in [1.54, 1.807) is 17.9 Å². The molecule has 2 bridgehead atoms. The van der Waals surface area contributed by atoms with E-state index >= 15 is 0 Å². The van der Waals surface area contributed by atoms with Gasteiger partial charge in [-0.25, -0.2) is 0 Å². The number of halogens is 3. The maximum absolute atomic E-state index is 13.1. The van der Waals surface area contributed by atoms with Gasteiger partial charge in [-0.05, 0) is 43.9 Å². The van der Waals surface area contributed by atoms with Crippen LogP contribution in [-0.4, -0.2) is 70.3 Å². The van der Waals surface area contributed by atoms with E-state index in [0.717, 1.165) is 18.6 Å². The number of fused-ring (bicyclic) bond motifs is 2. The monoisotopic (exact) mass is 449 g/mol. The standard InChI is InChI=1S/C22H26F3N5O2/c1-13(14-4-2-5-15(8-14)22(23,24)25)30-17-9-19(21(30)32)28(11-17)12-18(27)20(31)29-7-3-6-16(29)10-26/h2,4-5,8,13,16-19H,3,6-7,9,11-12,27H2,1H3/t13?,16?,17-,18?,19+/m1/s1. The number of nitrogens with two attached hydrogens (primary N) is 1. The number of hydrogen-bond donors (Lipinski definition) is 1. The molecule has 4 rings (SSSR count). The van der Waals surface area contributed by atoms with Crippen LogP contribution in [0.15, 0.2) is 24.3 Å². The maximum atomic E-state index is 13.1. The Morgan fingerprint density at radius 2 is 2.12 bits per heavy atom. The molecular formula is C22H26F3N5O2. The molecule has 3 heterocycles. The summed E-state index contributed by atoms with van der Waals surface area (Å²) < 4.78 is 39.3. The zero-order valence-electron chi connectivity index (χ0n) is 17.8. The van der Waals surface area contributed by atoms with Gasteiger partial charge in [0.15, 0.2) is 0 Å². The molecule has 0 aliphatic carbocycles. The summed E-state index contributed by atoms with van der Waals surface area (Å²) in [6, 6.07) is 4.87. The summed E-state index contributed by atoms with van der Waals surface area (Å²) in [5.41, 5.74) is 5.85. The minimum atomic E-state index is -4.44. The number of amides is 2. The van der Waals surface area contributed by atoms with Crippen LogP contribution in [0.25, 0.3) is 0 Å². The number of alkyl halides is 3. The zero-order chi connectivity index (χ0) is 23.2. The predicted molar refractivity (Wildman–Crippen MR) is 109 cm³/mol. The van der Waals surface area contributed by atoms with Crippen molar-refractivity contribution in [2.45, 2.75) is 62.6 Å². The molecule has 172 valence electrons. The first-order chi connectivity index (χ1) is 15.1. The van der Waals surface area contributed by atoms with E-state index in [4.69, 9.17) is 5.73 Å². The molecule has 2 N–H and O–H groups in total. The number of nitriles is 1. The molecule has 0 radical (unpaired) electrons. The molecule has 7 nitrogen and oxygen atoms in total. The molecule has 3 unspecified atom stereocenters. The zero-order valence-corrected chi connectivity index (χ0v) is 17.8. The van der Waals surface area contributed by atoms with Crippen molar-refractivity contribution >= 4 is 11.8 Å². The molecule has 0 spiro atoms. The van der Waals surface area contributed by atoms with Crippen molar-refractivity contribution in [2.75, 3.05) is 19.6 Å². The number of nitrogens with zero attached hydrogens (tertiary/aromatic N) is 4. The van der Waals surface area contributed by atoms with Crippen molar-refractivity contribution in [3.63, 3.8) is 0 Å². The molecule has 3 fully saturated rings. The Bertz CT molecular complexity index is 946. The van der Waals surface area contributed by atoms with Gasteiger partial charge in [0.1, 0.15) is 6.04 Å². The average molecular weight is 449 g/mol. The van der Waals surface area contributed by atoms with E-state index in [-0.39, 0.29) is 24.4 Å². The minimum Gasteiger partial charge on any atom is -0.330 e. The van der Waals surface area contributed by atoms with E-state index in [1.807, 2.05) is 4.90 Å². The lowest BCUT2D eigenvalue weighted by Crippen LogP contribution is -2.56. The predicted octanol–water partition coefficient (Wildman–Crippen LogP) is 1.89. The molecule has 5 atom stereocenters. The van der Waals surface area contributed by atoms with Crippen LogP contribution < -0.4 is 5.73 Å². The molecule has 3 aliphatic heterocycles. The van der Waals surface area contributed by atoms with Crippen LogP contribution >= 0.6 is 0 Å². The lowest BCUT2D eigenvalue weighted by atomic mass is 10.0. The summed E-state index contributed by atoms with van der Waals surface area (Å²) in [7, 11) is 0.